The molecule has 0 aliphatic heterocycles. The van der Waals surface area contributed by atoms with E-state index in [0.717, 1.165) is 12.8 Å². The lowest BCUT2D eigenvalue weighted by atomic mass is 10.2. The van der Waals surface area contributed by atoms with Crippen molar-refractivity contribution in [3.63, 3.8) is 0 Å². The molecule has 1 aromatic carbocycles. The van der Waals surface area contributed by atoms with Crippen molar-refractivity contribution in [2.45, 2.75) is 17.7 Å². The smallest absolute Gasteiger partial charge is 0.240 e. The zero-order valence-corrected chi connectivity index (χ0v) is 12.2. The molecule has 5 nitrogen and oxygen atoms in total. The third-order valence-corrected chi connectivity index (χ3v) is 3.98. The highest BCUT2D eigenvalue weighted by molar-refractivity contribution is 7.89. The molecule has 1 rings (SSSR count). The van der Waals surface area contributed by atoms with E-state index in [-0.39, 0.29) is 11.5 Å². The molecule has 6 heteroatoms. The summed E-state index contributed by atoms with van der Waals surface area (Å²) < 4.78 is 31.5. The van der Waals surface area contributed by atoms with Gasteiger partial charge >= 0.3 is 0 Å². The minimum atomic E-state index is -3.52. The summed E-state index contributed by atoms with van der Waals surface area (Å²) in [5, 5.41) is 8.63. The molecule has 0 radical (unpaired) electrons. The Morgan fingerprint density at radius 1 is 1.35 bits per heavy atom. The summed E-state index contributed by atoms with van der Waals surface area (Å²) in [7, 11) is -1.90. The van der Waals surface area contributed by atoms with E-state index in [0.29, 0.717) is 18.7 Å². The highest BCUT2D eigenvalue weighted by Gasteiger charge is 2.13. The van der Waals surface area contributed by atoms with Crippen LogP contribution in [0.15, 0.2) is 29.2 Å². The van der Waals surface area contributed by atoms with Gasteiger partial charge in [-0.15, -0.1) is 0 Å². The molecule has 1 aromatic rings. The van der Waals surface area contributed by atoms with Crippen LogP contribution >= 0.6 is 0 Å². The van der Waals surface area contributed by atoms with Crippen molar-refractivity contribution in [1.29, 1.82) is 0 Å². The van der Waals surface area contributed by atoms with E-state index in [2.05, 4.69) is 16.6 Å². The standard InChI is InChI=1S/C14H19NO4S/c1-19-11-3-2-9-15-20(17,18)14-8-4-6-13(12-14)7-5-10-16/h4,6,8,12,15-16H,2-3,9-11H2,1H3. The lowest BCUT2D eigenvalue weighted by Crippen LogP contribution is -2.25. The summed E-state index contributed by atoms with van der Waals surface area (Å²) in [6, 6.07) is 6.32. The number of ether oxygens (including phenoxy) is 1. The molecule has 0 heterocycles. The van der Waals surface area contributed by atoms with Gasteiger partial charge in [0.15, 0.2) is 0 Å². The molecule has 0 fully saturated rings. The van der Waals surface area contributed by atoms with Crippen molar-refractivity contribution >= 4 is 10.0 Å². The lowest BCUT2D eigenvalue weighted by molar-refractivity contribution is 0.193. The van der Waals surface area contributed by atoms with E-state index < -0.39 is 10.0 Å². The van der Waals surface area contributed by atoms with Gasteiger partial charge in [-0.1, -0.05) is 17.9 Å². The maximum atomic E-state index is 12.1. The number of rotatable bonds is 7. The fourth-order valence-corrected chi connectivity index (χ4v) is 2.66. The number of hydrogen-bond acceptors (Lipinski definition) is 4. The van der Waals surface area contributed by atoms with Crippen molar-refractivity contribution in [1.82, 2.24) is 4.72 Å². The molecule has 0 aliphatic carbocycles. The second-order valence-electron chi connectivity index (χ2n) is 4.09. The van der Waals surface area contributed by atoms with E-state index in [1.807, 2.05) is 0 Å². The van der Waals surface area contributed by atoms with Crippen LogP contribution in [0.2, 0.25) is 0 Å². The van der Waals surface area contributed by atoms with Gasteiger partial charge in [-0.2, -0.15) is 0 Å². The molecule has 20 heavy (non-hydrogen) atoms. The summed E-state index contributed by atoms with van der Waals surface area (Å²) in [5.74, 6) is 5.17. The number of hydrogen-bond donors (Lipinski definition) is 2. The summed E-state index contributed by atoms with van der Waals surface area (Å²) in [4.78, 5) is 0.175. The average Bonchev–Trinajstić information content (AvgIpc) is 2.45. The maximum absolute atomic E-state index is 12.1. The number of sulfonamides is 1. The van der Waals surface area contributed by atoms with E-state index >= 15 is 0 Å². The molecule has 0 amide bonds. The monoisotopic (exact) mass is 297 g/mol. The number of unbranched alkanes of at least 4 members (excludes halogenated alkanes) is 1. The van der Waals surface area contributed by atoms with Crippen molar-refractivity contribution in [3.8, 4) is 11.8 Å². The van der Waals surface area contributed by atoms with Gasteiger partial charge in [0.05, 0.1) is 4.90 Å². The zero-order chi connectivity index (χ0) is 14.8. The second kappa shape index (κ2) is 8.72. The van der Waals surface area contributed by atoms with E-state index in [4.69, 9.17) is 9.84 Å². The number of nitrogens with one attached hydrogen (secondary N) is 1. The summed E-state index contributed by atoms with van der Waals surface area (Å²) in [6.45, 7) is 0.737. The second-order valence-corrected chi connectivity index (χ2v) is 5.85. The number of aliphatic hydroxyl groups excluding tert-OH is 1. The Kier molecular flexibility index (Phi) is 7.26. The van der Waals surface area contributed by atoms with Crippen LogP contribution in [0.5, 0.6) is 0 Å². The van der Waals surface area contributed by atoms with E-state index in [1.54, 1.807) is 19.2 Å². The van der Waals surface area contributed by atoms with Gasteiger partial charge in [0, 0.05) is 25.8 Å². The molecule has 0 saturated carbocycles. The van der Waals surface area contributed by atoms with Crippen LogP contribution in [-0.2, 0) is 14.8 Å². The largest absolute Gasteiger partial charge is 0.385 e. The highest BCUT2D eigenvalue weighted by atomic mass is 32.2. The van der Waals surface area contributed by atoms with Crippen molar-refractivity contribution < 1.29 is 18.3 Å². The first-order chi connectivity index (χ1) is 9.60. The first kappa shape index (κ1) is 16.7. The Hall–Kier alpha value is -1.39. The summed E-state index contributed by atoms with van der Waals surface area (Å²) in [5.41, 5.74) is 0.557. The molecule has 0 spiro atoms. The topological polar surface area (TPSA) is 75.6 Å². The molecular weight excluding hydrogens is 278 g/mol. The van der Waals surface area contributed by atoms with Crippen LogP contribution in [0.1, 0.15) is 18.4 Å². The first-order valence-electron chi connectivity index (χ1n) is 6.28. The maximum Gasteiger partial charge on any atom is 0.240 e. The predicted molar refractivity (Wildman–Crippen MR) is 76.7 cm³/mol. The Balaban J connectivity index is 2.67. The van der Waals surface area contributed by atoms with Crippen LogP contribution in [0, 0.1) is 11.8 Å². The Morgan fingerprint density at radius 3 is 2.85 bits per heavy atom. The zero-order valence-electron chi connectivity index (χ0n) is 11.4. The van der Waals surface area contributed by atoms with Crippen molar-refractivity contribution in [2.24, 2.45) is 0 Å². The molecule has 0 aliphatic rings. The molecule has 0 aromatic heterocycles. The third-order valence-electron chi connectivity index (χ3n) is 2.52. The molecular formula is C14H19NO4S. The number of aliphatic hydroxyl groups is 1. The fourth-order valence-electron chi connectivity index (χ4n) is 1.54. The van der Waals surface area contributed by atoms with Crippen molar-refractivity contribution in [2.75, 3.05) is 26.9 Å². The van der Waals surface area contributed by atoms with Gasteiger partial charge < -0.3 is 9.84 Å². The van der Waals surface area contributed by atoms with Gasteiger partial charge in [-0.25, -0.2) is 13.1 Å². The molecule has 0 bridgehead atoms. The number of benzene rings is 1. The van der Waals surface area contributed by atoms with Gasteiger partial charge in [0.1, 0.15) is 6.61 Å². The minimum absolute atomic E-state index is 0.175. The van der Waals surface area contributed by atoms with E-state index in [9.17, 15) is 8.42 Å². The Labute approximate surface area is 120 Å². The van der Waals surface area contributed by atoms with Gasteiger partial charge in [-0.3, -0.25) is 0 Å². The SMILES string of the molecule is COCCCCNS(=O)(=O)c1cccc(C#CCO)c1. The average molecular weight is 297 g/mol. The highest BCUT2D eigenvalue weighted by Crippen LogP contribution is 2.10. The van der Waals surface area contributed by atoms with Crippen LogP contribution in [-0.4, -0.2) is 40.4 Å². The predicted octanol–water partition coefficient (Wildman–Crippen LogP) is 0.735. The molecule has 0 saturated heterocycles. The van der Waals surface area contributed by atoms with Crippen LogP contribution < -0.4 is 4.72 Å². The normalized spacial score (nSPS) is 10.9. The van der Waals surface area contributed by atoms with Gasteiger partial charge in [0.25, 0.3) is 0 Å². The van der Waals surface area contributed by atoms with Crippen molar-refractivity contribution in [3.05, 3.63) is 29.8 Å². The first-order valence-corrected chi connectivity index (χ1v) is 7.77. The summed E-state index contributed by atoms with van der Waals surface area (Å²) in [6.07, 6.45) is 1.53. The molecule has 110 valence electrons. The Bertz CT molecular complexity index is 572. The van der Waals surface area contributed by atoms with Crippen LogP contribution in [0.25, 0.3) is 0 Å². The summed E-state index contributed by atoms with van der Waals surface area (Å²) >= 11 is 0. The third kappa shape index (κ3) is 5.72. The quantitative estimate of drug-likeness (QED) is 0.575. The molecule has 0 unspecified atom stereocenters. The number of methoxy groups -OCH3 is 1. The van der Waals surface area contributed by atoms with Gasteiger partial charge in [-0.05, 0) is 31.0 Å². The Morgan fingerprint density at radius 2 is 2.15 bits per heavy atom. The molecule has 0 atom stereocenters. The fraction of sp³-hybridized carbons (Fsp3) is 0.429. The van der Waals surface area contributed by atoms with E-state index in [1.165, 1.54) is 12.1 Å². The molecule has 2 N–H and O–H groups in total. The van der Waals surface area contributed by atoms with Gasteiger partial charge in [0.2, 0.25) is 10.0 Å². The minimum Gasteiger partial charge on any atom is -0.385 e. The van der Waals surface area contributed by atoms with Crippen LogP contribution in [0.3, 0.4) is 0 Å². The van der Waals surface area contributed by atoms with Crippen LogP contribution in [0.4, 0.5) is 0 Å². The lowest BCUT2D eigenvalue weighted by Gasteiger charge is -2.07.